The molecule has 1 fully saturated rings. The molecule has 18 heavy (non-hydrogen) atoms. The van der Waals surface area contributed by atoms with Gasteiger partial charge >= 0.3 is 0 Å². The number of anilines is 1. The van der Waals surface area contributed by atoms with E-state index in [0.29, 0.717) is 11.2 Å². The third-order valence-electron chi connectivity index (χ3n) is 4.47. The van der Waals surface area contributed by atoms with Crippen LogP contribution >= 0.6 is 0 Å². The van der Waals surface area contributed by atoms with E-state index in [1.807, 2.05) is 6.33 Å². The van der Waals surface area contributed by atoms with Gasteiger partial charge in [-0.05, 0) is 24.2 Å². The third kappa shape index (κ3) is 1.57. The zero-order valence-electron chi connectivity index (χ0n) is 10.9. The maximum atomic E-state index is 5.81. The first-order valence-electron chi connectivity index (χ1n) is 6.61. The molecule has 0 amide bonds. The molecule has 0 saturated heterocycles. The molecule has 0 aliphatic heterocycles. The second-order valence-electron chi connectivity index (χ2n) is 5.33. The van der Waals surface area contributed by atoms with Gasteiger partial charge in [-0.25, -0.2) is 15.0 Å². The third-order valence-corrected chi connectivity index (χ3v) is 4.47. The first kappa shape index (κ1) is 11.4. The predicted octanol–water partition coefficient (Wildman–Crippen LogP) is 2.23. The molecule has 2 unspecified atom stereocenters. The summed E-state index contributed by atoms with van der Waals surface area (Å²) >= 11 is 0. The monoisotopic (exact) mass is 245 g/mol. The molecular weight excluding hydrogens is 226 g/mol. The van der Waals surface area contributed by atoms with E-state index in [9.17, 15) is 0 Å². The summed E-state index contributed by atoms with van der Waals surface area (Å²) in [7, 11) is 0. The summed E-state index contributed by atoms with van der Waals surface area (Å²) in [6, 6.07) is 0. The minimum absolute atomic E-state index is 0.447. The lowest BCUT2D eigenvalue weighted by Crippen LogP contribution is -2.13. The van der Waals surface area contributed by atoms with Crippen LogP contribution in [0.25, 0.3) is 11.2 Å². The molecule has 5 nitrogen and oxygen atoms in total. The van der Waals surface area contributed by atoms with Gasteiger partial charge < -0.3 is 10.3 Å². The fourth-order valence-corrected chi connectivity index (χ4v) is 3.10. The topological polar surface area (TPSA) is 69.6 Å². The Morgan fingerprint density at radius 2 is 2.22 bits per heavy atom. The lowest BCUT2D eigenvalue weighted by atomic mass is 9.99. The van der Waals surface area contributed by atoms with Crippen molar-refractivity contribution < 1.29 is 0 Å². The van der Waals surface area contributed by atoms with Crippen LogP contribution in [0.15, 0.2) is 12.7 Å². The van der Waals surface area contributed by atoms with E-state index >= 15 is 0 Å². The standard InChI is InChI=1S/C13H19N5/c1-3-9-5-13(9,4-2)6-18-8-17-10-11(14)15-7-16-12(10)18/h7-9H,3-6H2,1-2H3,(H2,14,15,16). The predicted molar refractivity (Wildman–Crippen MR) is 70.9 cm³/mol. The van der Waals surface area contributed by atoms with Crippen LogP contribution in [0.2, 0.25) is 0 Å². The summed E-state index contributed by atoms with van der Waals surface area (Å²) < 4.78 is 2.13. The van der Waals surface area contributed by atoms with E-state index in [-0.39, 0.29) is 0 Å². The minimum Gasteiger partial charge on any atom is -0.382 e. The highest BCUT2D eigenvalue weighted by Crippen LogP contribution is 2.58. The highest BCUT2D eigenvalue weighted by molar-refractivity contribution is 5.81. The van der Waals surface area contributed by atoms with Crippen molar-refractivity contribution in [3.8, 4) is 0 Å². The Kier molecular flexibility index (Phi) is 2.50. The summed E-state index contributed by atoms with van der Waals surface area (Å²) in [6.45, 7) is 5.54. The Hall–Kier alpha value is -1.65. The molecule has 3 rings (SSSR count). The molecule has 2 N–H and O–H groups in total. The number of nitrogen functional groups attached to an aromatic ring is 1. The molecule has 1 saturated carbocycles. The van der Waals surface area contributed by atoms with Crippen LogP contribution in [-0.4, -0.2) is 19.5 Å². The van der Waals surface area contributed by atoms with Gasteiger partial charge in [0.2, 0.25) is 0 Å². The smallest absolute Gasteiger partial charge is 0.165 e. The van der Waals surface area contributed by atoms with E-state index in [1.54, 1.807) is 0 Å². The van der Waals surface area contributed by atoms with E-state index in [4.69, 9.17) is 5.73 Å². The number of aromatic nitrogens is 4. The molecule has 0 aromatic carbocycles. The quantitative estimate of drug-likeness (QED) is 0.896. The molecule has 1 aliphatic rings. The van der Waals surface area contributed by atoms with Crippen molar-refractivity contribution in [2.75, 3.05) is 5.73 Å². The molecule has 2 aromatic heterocycles. The zero-order valence-corrected chi connectivity index (χ0v) is 10.9. The van der Waals surface area contributed by atoms with Crippen LogP contribution in [0, 0.1) is 11.3 Å². The number of nitrogens with two attached hydrogens (primary N) is 1. The van der Waals surface area contributed by atoms with E-state index in [0.717, 1.165) is 23.6 Å². The Balaban J connectivity index is 1.94. The van der Waals surface area contributed by atoms with E-state index in [1.165, 1.54) is 25.6 Å². The van der Waals surface area contributed by atoms with Gasteiger partial charge in [0.15, 0.2) is 11.5 Å². The van der Waals surface area contributed by atoms with Crippen LogP contribution in [-0.2, 0) is 6.54 Å². The van der Waals surface area contributed by atoms with Crippen molar-refractivity contribution in [3.63, 3.8) is 0 Å². The van der Waals surface area contributed by atoms with Crippen molar-refractivity contribution in [1.29, 1.82) is 0 Å². The SMILES string of the molecule is CCC1CC1(CC)Cn1cnc2c(N)ncnc21. The number of fused-ring (bicyclic) bond motifs is 1. The molecule has 1 aliphatic carbocycles. The molecule has 2 atom stereocenters. The Morgan fingerprint density at radius 1 is 1.39 bits per heavy atom. The Morgan fingerprint density at radius 3 is 2.89 bits per heavy atom. The molecular formula is C13H19N5. The molecule has 0 bridgehead atoms. The van der Waals surface area contributed by atoms with Crippen LogP contribution in [0.4, 0.5) is 5.82 Å². The molecule has 2 heterocycles. The van der Waals surface area contributed by atoms with E-state index in [2.05, 4.69) is 33.4 Å². The first-order valence-corrected chi connectivity index (χ1v) is 6.61. The number of imidazole rings is 1. The summed E-state index contributed by atoms with van der Waals surface area (Å²) in [5.74, 6) is 1.31. The number of hydrogen-bond acceptors (Lipinski definition) is 4. The van der Waals surface area contributed by atoms with Crippen molar-refractivity contribution in [3.05, 3.63) is 12.7 Å². The maximum absolute atomic E-state index is 5.81. The fraction of sp³-hybridized carbons (Fsp3) is 0.615. The van der Waals surface area contributed by atoms with Crippen LogP contribution in [0.5, 0.6) is 0 Å². The minimum atomic E-state index is 0.447. The summed E-state index contributed by atoms with van der Waals surface area (Å²) in [5, 5.41) is 0. The normalized spacial score (nSPS) is 26.7. The van der Waals surface area contributed by atoms with Gasteiger partial charge in [0.05, 0.1) is 6.33 Å². The maximum Gasteiger partial charge on any atom is 0.165 e. The van der Waals surface area contributed by atoms with Gasteiger partial charge in [-0.15, -0.1) is 0 Å². The highest BCUT2D eigenvalue weighted by atomic mass is 15.1. The lowest BCUT2D eigenvalue weighted by Gasteiger charge is -2.15. The second-order valence-corrected chi connectivity index (χ2v) is 5.33. The highest BCUT2D eigenvalue weighted by Gasteiger charge is 2.51. The van der Waals surface area contributed by atoms with Gasteiger partial charge in [-0.3, -0.25) is 0 Å². The average Bonchev–Trinajstić information content (AvgIpc) is 2.94. The van der Waals surface area contributed by atoms with Crippen LogP contribution < -0.4 is 5.73 Å². The number of rotatable bonds is 4. The average molecular weight is 245 g/mol. The van der Waals surface area contributed by atoms with Crippen LogP contribution in [0.1, 0.15) is 33.1 Å². The molecule has 96 valence electrons. The Labute approximate surface area is 106 Å². The molecule has 0 spiro atoms. The lowest BCUT2D eigenvalue weighted by molar-refractivity contribution is 0.369. The van der Waals surface area contributed by atoms with Gasteiger partial charge in [0.25, 0.3) is 0 Å². The summed E-state index contributed by atoms with van der Waals surface area (Å²) in [5.41, 5.74) is 7.83. The van der Waals surface area contributed by atoms with Gasteiger partial charge in [-0.1, -0.05) is 20.3 Å². The van der Waals surface area contributed by atoms with E-state index < -0.39 is 0 Å². The van der Waals surface area contributed by atoms with Crippen LogP contribution in [0.3, 0.4) is 0 Å². The largest absolute Gasteiger partial charge is 0.382 e. The van der Waals surface area contributed by atoms with Crippen molar-refractivity contribution in [2.24, 2.45) is 11.3 Å². The second kappa shape index (κ2) is 3.93. The van der Waals surface area contributed by atoms with Gasteiger partial charge in [-0.2, -0.15) is 0 Å². The van der Waals surface area contributed by atoms with Crippen molar-refractivity contribution in [1.82, 2.24) is 19.5 Å². The molecule has 2 aromatic rings. The van der Waals surface area contributed by atoms with Gasteiger partial charge in [0, 0.05) is 6.54 Å². The summed E-state index contributed by atoms with van der Waals surface area (Å²) in [6.07, 6.45) is 7.15. The van der Waals surface area contributed by atoms with Crippen molar-refractivity contribution >= 4 is 17.0 Å². The molecule has 5 heteroatoms. The first-order chi connectivity index (χ1) is 8.70. The fourth-order valence-electron chi connectivity index (χ4n) is 3.10. The molecule has 0 radical (unpaired) electrons. The number of hydrogen-bond donors (Lipinski definition) is 1. The zero-order chi connectivity index (χ0) is 12.8. The van der Waals surface area contributed by atoms with Crippen molar-refractivity contribution in [2.45, 2.75) is 39.7 Å². The Bertz CT molecular complexity index is 576. The van der Waals surface area contributed by atoms with Gasteiger partial charge in [0.1, 0.15) is 11.8 Å². The summed E-state index contributed by atoms with van der Waals surface area (Å²) in [4.78, 5) is 12.6. The number of nitrogens with zero attached hydrogens (tertiary/aromatic N) is 4.